The van der Waals surface area contributed by atoms with E-state index in [2.05, 4.69) is 5.32 Å². The number of hydrogen-bond acceptors (Lipinski definition) is 3. The fourth-order valence-electron chi connectivity index (χ4n) is 2.91. The van der Waals surface area contributed by atoms with E-state index in [0.29, 0.717) is 26.1 Å². The molecule has 2 N–H and O–H groups in total. The summed E-state index contributed by atoms with van der Waals surface area (Å²) >= 11 is 0. The van der Waals surface area contributed by atoms with Crippen molar-refractivity contribution in [1.29, 1.82) is 0 Å². The van der Waals surface area contributed by atoms with Crippen LogP contribution in [0.25, 0.3) is 0 Å². The lowest BCUT2D eigenvalue weighted by Gasteiger charge is -2.42. The summed E-state index contributed by atoms with van der Waals surface area (Å²) in [7, 11) is 0. The second-order valence-electron chi connectivity index (χ2n) is 6.45. The molecule has 0 radical (unpaired) electrons. The smallest absolute Gasteiger partial charge is 0.237 e. The number of likely N-dealkylation sites (tertiary alicyclic amines) is 1. The molecule has 2 rings (SSSR count). The Balaban J connectivity index is 2.03. The van der Waals surface area contributed by atoms with Gasteiger partial charge in [0.15, 0.2) is 0 Å². The molecule has 0 spiro atoms. The molecule has 0 bridgehead atoms. The number of amides is 2. The number of piperidine rings is 2. The Labute approximate surface area is 114 Å². The van der Waals surface area contributed by atoms with Crippen molar-refractivity contribution in [1.82, 2.24) is 10.2 Å². The molecule has 0 aromatic carbocycles. The highest BCUT2D eigenvalue weighted by Crippen LogP contribution is 2.34. The van der Waals surface area contributed by atoms with Crippen LogP contribution in [0.5, 0.6) is 0 Å². The maximum atomic E-state index is 12.6. The molecule has 19 heavy (non-hydrogen) atoms. The van der Waals surface area contributed by atoms with Crippen LogP contribution in [0.1, 0.15) is 39.5 Å². The van der Waals surface area contributed by atoms with E-state index in [9.17, 15) is 14.7 Å². The SMILES string of the molecule is CC1(CO)CCN(C(=O)[C@@]2(C)CCCNC2=O)CC1. The van der Waals surface area contributed by atoms with Crippen molar-refractivity contribution in [2.24, 2.45) is 10.8 Å². The van der Waals surface area contributed by atoms with Crippen LogP contribution in [0, 0.1) is 10.8 Å². The van der Waals surface area contributed by atoms with Crippen molar-refractivity contribution < 1.29 is 14.7 Å². The lowest BCUT2D eigenvalue weighted by Crippen LogP contribution is -2.56. The number of carbonyl (C=O) groups is 2. The lowest BCUT2D eigenvalue weighted by atomic mass is 9.77. The molecule has 2 saturated heterocycles. The Morgan fingerprint density at radius 3 is 2.47 bits per heavy atom. The van der Waals surface area contributed by atoms with Gasteiger partial charge in [0.25, 0.3) is 0 Å². The van der Waals surface area contributed by atoms with Gasteiger partial charge < -0.3 is 15.3 Å². The molecule has 1 atom stereocenters. The lowest BCUT2D eigenvalue weighted by molar-refractivity contribution is -0.153. The van der Waals surface area contributed by atoms with Gasteiger partial charge >= 0.3 is 0 Å². The first kappa shape index (κ1) is 14.3. The zero-order chi connectivity index (χ0) is 14.1. The summed E-state index contributed by atoms with van der Waals surface area (Å²) in [5, 5.41) is 12.1. The van der Waals surface area contributed by atoms with Crippen LogP contribution < -0.4 is 5.32 Å². The Kier molecular flexibility index (Phi) is 3.85. The molecule has 0 aromatic heterocycles. The second-order valence-corrected chi connectivity index (χ2v) is 6.45. The van der Waals surface area contributed by atoms with Crippen molar-refractivity contribution in [3.05, 3.63) is 0 Å². The van der Waals surface area contributed by atoms with E-state index in [-0.39, 0.29) is 23.8 Å². The predicted molar refractivity (Wildman–Crippen MR) is 71.4 cm³/mol. The quantitative estimate of drug-likeness (QED) is 0.718. The maximum Gasteiger partial charge on any atom is 0.237 e. The van der Waals surface area contributed by atoms with E-state index in [1.807, 2.05) is 6.92 Å². The standard InChI is InChI=1S/C14H24N2O3/c1-13(10-17)5-8-16(9-6-13)12(19)14(2)4-3-7-15-11(14)18/h17H,3-10H2,1-2H3,(H,15,18)/t14-/m0/s1. The summed E-state index contributed by atoms with van der Waals surface area (Å²) in [6.45, 7) is 5.90. The molecule has 2 heterocycles. The van der Waals surface area contributed by atoms with Crippen LogP contribution >= 0.6 is 0 Å². The summed E-state index contributed by atoms with van der Waals surface area (Å²) in [5.74, 6) is -0.191. The number of nitrogens with one attached hydrogen (secondary N) is 1. The third kappa shape index (κ3) is 2.61. The van der Waals surface area contributed by atoms with Crippen LogP contribution in [0.15, 0.2) is 0 Å². The number of carbonyl (C=O) groups excluding carboxylic acids is 2. The summed E-state index contributed by atoms with van der Waals surface area (Å²) in [4.78, 5) is 26.4. The topological polar surface area (TPSA) is 69.6 Å². The van der Waals surface area contributed by atoms with Crippen LogP contribution in [-0.4, -0.2) is 48.1 Å². The van der Waals surface area contributed by atoms with Crippen molar-refractivity contribution in [3.63, 3.8) is 0 Å². The fourth-order valence-corrected chi connectivity index (χ4v) is 2.91. The van der Waals surface area contributed by atoms with Gasteiger partial charge in [0.1, 0.15) is 5.41 Å². The number of aliphatic hydroxyl groups excluding tert-OH is 1. The molecule has 2 fully saturated rings. The second kappa shape index (κ2) is 5.12. The van der Waals surface area contributed by atoms with E-state index in [0.717, 1.165) is 19.3 Å². The van der Waals surface area contributed by atoms with Crippen molar-refractivity contribution in [2.75, 3.05) is 26.2 Å². The first-order valence-corrected chi connectivity index (χ1v) is 7.10. The van der Waals surface area contributed by atoms with Gasteiger partial charge in [-0.15, -0.1) is 0 Å². The third-order valence-corrected chi connectivity index (χ3v) is 4.75. The Morgan fingerprint density at radius 2 is 1.95 bits per heavy atom. The van der Waals surface area contributed by atoms with Gasteiger partial charge in [0, 0.05) is 26.2 Å². The monoisotopic (exact) mass is 268 g/mol. The van der Waals surface area contributed by atoms with E-state index < -0.39 is 5.41 Å². The number of nitrogens with zero attached hydrogens (tertiary/aromatic N) is 1. The zero-order valence-corrected chi connectivity index (χ0v) is 11.9. The first-order valence-electron chi connectivity index (χ1n) is 7.10. The number of aliphatic hydroxyl groups is 1. The van der Waals surface area contributed by atoms with E-state index in [1.165, 1.54) is 0 Å². The van der Waals surface area contributed by atoms with Gasteiger partial charge in [0.05, 0.1) is 0 Å². The van der Waals surface area contributed by atoms with E-state index >= 15 is 0 Å². The largest absolute Gasteiger partial charge is 0.396 e. The molecular formula is C14H24N2O3. The van der Waals surface area contributed by atoms with Crippen molar-refractivity contribution in [3.8, 4) is 0 Å². The van der Waals surface area contributed by atoms with Crippen molar-refractivity contribution >= 4 is 11.8 Å². The highest BCUT2D eigenvalue weighted by atomic mass is 16.3. The van der Waals surface area contributed by atoms with E-state index in [4.69, 9.17) is 0 Å². The number of rotatable bonds is 2. The molecular weight excluding hydrogens is 244 g/mol. The van der Waals surface area contributed by atoms with E-state index in [1.54, 1.807) is 11.8 Å². The minimum Gasteiger partial charge on any atom is -0.396 e. The minimum atomic E-state index is -0.898. The molecule has 0 saturated carbocycles. The van der Waals surface area contributed by atoms with Gasteiger partial charge in [0.2, 0.25) is 11.8 Å². The molecule has 0 aromatic rings. The summed E-state index contributed by atoms with van der Waals surface area (Å²) in [5.41, 5.74) is -0.974. The molecule has 0 unspecified atom stereocenters. The highest BCUT2D eigenvalue weighted by molar-refractivity contribution is 6.05. The average Bonchev–Trinajstić information content (AvgIpc) is 2.42. The zero-order valence-electron chi connectivity index (χ0n) is 11.9. The van der Waals surface area contributed by atoms with Crippen LogP contribution in [0.3, 0.4) is 0 Å². The highest BCUT2D eigenvalue weighted by Gasteiger charge is 2.46. The Bertz CT molecular complexity index is 375. The molecule has 2 aliphatic rings. The molecule has 5 heteroatoms. The first-order chi connectivity index (χ1) is 8.91. The summed E-state index contributed by atoms with van der Waals surface area (Å²) in [6, 6.07) is 0. The van der Waals surface area contributed by atoms with Crippen LogP contribution in [0.4, 0.5) is 0 Å². The van der Waals surface area contributed by atoms with Gasteiger partial charge in [-0.05, 0) is 38.0 Å². The fraction of sp³-hybridized carbons (Fsp3) is 0.857. The summed E-state index contributed by atoms with van der Waals surface area (Å²) < 4.78 is 0. The van der Waals surface area contributed by atoms with Crippen LogP contribution in [-0.2, 0) is 9.59 Å². The normalized spacial score (nSPS) is 30.9. The van der Waals surface area contributed by atoms with Gasteiger partial charge in [-0.3, -0.25) is 9.59 Å². The predicted octanol–water partition coefficient (Wildman–Crippen LogP) is 0.524. The number of hydrogen-bond donors (Lipinski definition) is 2. The average molecular weight is 268 g/mol. The minimum absolute atomic E-state index is 0.0512. The van der Waals surface area contributed by atoms with Crippen molar-refractivity contribution in [2.45, 2.75) is 39.5 Å². The molecule has 2 aliphatic heterocycles. The maximum absolute atomic E-state index is 12.6. The van der Waals surface area contributed by atoms with Crippen LogP contribution in [0.2, 0.25) is 0 Å². The molecule has 0 aliphatic carbocycles. The van der Waals surface area contributed by atoms with Gasteiger partial charge in [-0.25, -0.2) is 0 Å². The molecule has 5 nitrogen and oxygen atoms in total. The Hall–Kier alpha value is -1.10. The molecule has 108 valence electrons. The Morgan fingerprint density at radius 1 is 1.32 bits per heavy atom. The molecule has 2 amide bonds. The van der Waals surface area contributed by atoms with Gasteiger partial charge in [-0.1, -0.05) is 6.92 Å². The summed E-state index contributed by atoms with van der Waals surface area (Å²) in [6.07, 6.45) is 3.08. The third-order valence-electron chi connectivity index (χ3n) is 4.75. The van der Waals surface area contributed by atoms with Gasteiger partial charge in [-0.2, -0.15) is 0 Å².